The number of esters is 1. The molecule has 1 amide bonds. The van der Waals surface area contributed by atoms with Gasteiger partial charge in [-0.05, 0) is 39.2 Å². The van der Waals surface area contributed by atoms with Gasteiger partial charge in [0.25, 0.3) is 11.6 Å². The van der Waals surface area contributed by atoms with Crippen LogP contribution >= 0.6 is 11.8 Å². The second-order valence-electron chi connectivity index (χ2n) is 6.37. The van der Waals surface area contributed by atoms with E-state index < -0.39 is 45.5 Å². The maximum Gasteiger partial charge on any atom is 0.321 e. The van der Waals surface area contributed by atoms with Crippen molar-refractivity contribution in [1.29, 1.82) is 0 Å². The van der Waals surface area contributed by atoms with Gasteiger partial charge in [-0.3, -0.25) is 19.7 Å². The van der Waals surface area contributed by atoms with E-state index in [1.165, 1.54) is 12.1 Å². The van der Waals surface area contributed by atoms with Gasteiger partial charge in [0.2, 0.25) is 10.0 Å². The van der Waals surface area contributed by atoms with E-state index >= 15 is 0 Å². The first-order chi connectivity index (χ1) is 12.4. The van der Waals surface area contributed by atoms with E-state index in [1.807, 2.05) is 4.72 Å². The minimum absolute atomic E-state index is 0.309. The normalized spacial score (nSPS) is 11.7. The van der Waals surface area contributed by atoms with Gasteiger partial charge in [0, 0.05) is 11.6 Å². The minimum Gasteiger partial charge on any atom is -0.455 e. The van der Waals surface area contributed by atoms with Gasteiger partial charge in [0.05, 0.1) is 14.7 Å². The molecule has 0 unspecified atom stereocenters. The van der Waals surface area contributed by atoms with Crippen molar-refractivity contribution in [3.8, 4) is 0 Å². The Morgan fingerprint density at radius 3 is 2.44 bits per heavy atom. The number of carbonyl (C=O) groups is 2. The molecule has 0 aliphatic carbocycles. The van der Waals surface area contributed by atoms with Crippen molar-refractivity contribution < 1.29 is 27.7 Å². The van der Waals surface area contributed by atoms with E-state index in [-0.39, 0.29) is 10.6 Å². The fourth-order valence-corrected chi connectivity index (χ4v) is 3.40. The van der Waals surface area contributed by atoms with Gasteiger partial charge in [-0.1, -0.05) is 0 Å². The monoisotopic (exact) mass is 419 g/mol. The number of nitrogens with one attached hydrogen (secondary N) is 2. The molecular weight excluding hydrogens is 398 g/mol. The number of nitrogens with zero attached hydrogens (tertiary/aromatic N) is 1. The molecule has 1 aromatic rings. The van der Waals surface area contributed by atoms with Gasteiger partial charge in [0.1, 0.15) is 6.54 Å². The smallest absolute Gasteiger partial charge is 0.321 e. The Bertz CT molecular complexity index is 832. The molecule has 0 atom stereocenters. The number of hydrogen-bond acceptors (Lipinski definition) is 8. The zero-order chi connectivity index (χ0) is 20.8. The van der Waals surface area contributed by atoms with Gasteiger partial charge in [-0.15, -0.1) is 11.8 Å². The average molecular weight is 419 g/mol. The Morgan fingerprint density at radius 2 is 1.93 bits per heavy atom. The van der Waals surface area contributed by atoms with Crippen LogP contribution in [0.5, 0.6) is 0 Å². The van der Waals surface area contributed by atoms with E-state index in [0.717, 1.165) is 17.8 Å². The lowest BCUT2D eigenvalue weighted by atomic mass is 10.1. The van der Waals surface area contributed by atoms with E-state index in [2.05, 4.69) is 10.1 Å². The van der Waals surface area contributed by atoms with Crippen LogP contribution in [-0.2, 0) is 24.3 Å². The first-order valence-electron chi connectivity index (χ1n) is 7.64. The van der Waals surface area contributed by atoms with Crippen LogP contribution in [0.1, 0.15) is 20.8 Å². The third-order valence-electron chi connectivity index (χ3n) is 2.94. The maximum atomic E-state index is 12.2. The van der Waals surface area contributed by atoms with Crippen LogP contribution in [0, 0.1) is 10.1 Å². The van der Waals surface area contributed by atoms with Gasteiger partial charge >= 0.3 is 5.97 Å². The molecular formula is C15H21N3O7S2. The number of hydrogen-bond donors (Lipinski definition) is 2. The summed E-state index contributed by atoms with van der Waals surface area (Å²) in [6, 6.07) is 3.42. The molecule has 0 aliphatic rings. The van der Waals surface area contributed by atoms with E-state index in [0.29, 0.717) is 4.90 Å². The van der Waals surface area contributed by atoms with Crippen LogP contribution in [0.15, 0.2) is 28.0 Å². The number of nitro benzene ring substituents is 1. The Morgan fingerprint density at radius 1 is 1.30 bits per heavy atom. The fraction of sp³-hybridized carbons (Fsp3) is 0.467. The molecule has 1 aromatic carbocycles. The predicted molar refractivity (Wildman–Crippen MR) is 98.9 cm³/mol. The quantitative estimate of drug-likeness (QED) is 0.275. The summed E-state index contributed by atoms with van der Waals surface area (Å²) in [6.45, 7) is 3.99. The number of ether oxygens (including phenoxy) is 1. The highest BCUT2D eigenvalue weighted by Gasteiger charge is 2.22. The summed E-state index contributed by atoms with van der Waals surface area (Å²) in [6.07, 6.45) is 1.63. The zero-order valence-electron chi connectivity index (χ0n) is 15.3. The molecule has 0 fully saturated rings. The van der Waals surface area contributed by atoms with E-state index in [9.17, 15) is 28.1 Å². The number of sulfonamides is 1. The largest absolute Gasteiger partial charge is 0.455 e. The van der Waals surface area contributed by atoms with Crippen molar-refractivity contribution in [3.05, 3.63) is 28.3 Å². The van der Waals surface area contributed by atoms with Crippen LogP contribution in [0.2, 0.25) is 0 Å². The first-order valence-corrected chi connectivity index (χ1v) is 10.4. The summed E-state index contributed by atoms with van der Waals surface area (Å²) in [7, 11) is -4.17. The van der Waals surface area contributed by atoms with Gasteiger partial charge in [0.15, 0.2) is 6.61 Å². The number of amides is 1. The zero-order valence-corrected chi connectivity index (χ0v) is 16.9. The number of benzene rings is 1. The summed E-state index contributed by atoms with van der Waals surface area (Å²) >= 11 is 1.11. The molecule has 0 saturated carbocycles. The molecule has 0 radical (unpaired) electrons. The molecule has 1 rings (SSSR count). The van der Waals surface area contributed by atoms with Crippen LogP contribution in [-0.4, -0.2) is 50.2 Å². The average Bonchev–Trinajstić information content (AvgIpc) is 2.56. The lowest BCUT2D eigenvalue weighted by molar-refractivity contribution is -0.388. The summed E-state index contributed by atoms with van der Waals surface area (Å²) in [5, 5.41) is 13.6. The van der Waals surface area contributed by atoms with Crippen LogP contribution in [0.3, 0.4) is 0 Å². The summed E-state index contributed by atoms with van der Waals surface area (Å²) in [5.41, 5.74) is -0.852. The number of thioether (sulfide) groups is 1. The maximum absolute atomic E-state index is 12.2. The predicted octanol–water partition coefficient (Wildman–Crippen LogP) is 1.05. The van der Waals surface area contributed by atoms with Crippen molar-refractivity contribution in [2.24, 2.45) is 0 Å². The molecule has 10 nitrogen and oxygen atoms in total. The van der Waals surface area contributed by atoms with E-state index in [4.69, 9.17) is 0 Å². The molecule has 0 spiro atoms. The van der Waals surface area contributed by atoms with Crippen LogP contribution in [0.4, 0.5) is 5.69 Å². The van der Waals surface area contributed by atoms with Gasteiger partial charge < -0.3 is 10.1 Å². The Kier molecular flexibility index (Phi) is 7.75. The van der Waals surface area contributed by atoms with Crippen molar-refractivity contribution >= 4 is 39.3 Å². The van der Waals surface area contributed by atoms with Crippen LogP contribution < -0.4 is 10.0 Å². The summed E-state index contributed by atoms with van der Waals surface area (Å²) < 4.78 is 31.1. The molecule has 0 aromatic heterocycles. The highest BCUT2D eigenvalue weighted by Crippen LogP contribution is 2.29. The second kappa shape index (κ2) is 9.15. The highest BCUT2D eigenvalue weighted by atomic mass is 32.2. The van der Waals surface area contributed by atoms with Gasteiger partial charge in [-0.2, -0.15) is 4.72 Å². The first kappa shape index (κ1) is 22.9. The molecule has 0 bridgehead atoms. The summed E-state index contributed by atoms with van der Waals surface area (Å²) in [5.74, 6) is -1.49. The molecule has 0 heterocycles. The van der Waals surface area contributed by atoms with Crippen molar-refractivity contribution in [3.63, 3.8) is 0 Å². The third kappa shape index (κ3) is 7.53. The third-order valence-corrected chi connectivity index (χ3v) is 5.13. The topological polar surface area (TPSA) is 145 Å². The molecule has 27 heavy (non-hydrogen) atoms. The number of nitro groups is 1. The molecule has 150 valence electrons. The molecule has 0 aliphatic heterocycles. The highest BCUT2D eigenvalue weighted by molar-refractivity contribution is 7.98. The molecule has 12 heteroatoms. The minimum atomic E-state index is -4.17. The molecule has 0 saturated heterocycles. The van der Waals surface area contributed by atoms with Crippen molar-refractivity contribution in [2.75, 3.05) is 19.4 Å². The van der Waals surface area contributed by atoms with E-state index in [1.54, 1.807) is 27.0 Å². The molecule has 2 N–H and O–H groups in total. The lowest BCUT2D eigenvalue weighted by Crippen LogP contribution is -2.43. The van der Waals surface area contributed by atoms with Gasteiger partial charge in [-0.25, -0.2) is 8.42 Å². The number of carbonyl (C=O) groups excluding carboxylic acids is 2. The Balaban J connectivity index is 2.71. The van der Waals surface area contributed by atoms with Crippen molar-refractivity contribution in [1.82, 2.24) is 10.0 Å². The standard InChI is InChI=1S/C15H21N3O7S2/c1-15(2,3)17-13(19)9-25-14(20)8-16-27(23,24)10-5-6-12(26-4)11(7-10)18(21)22/h5-7,16H,8-9H2,1-4H3,(H,17,19). The second-order valence-corrected chi connectivity index (χ2v) is 8.99. The Labute approximate surface area is 161 Å². The SMILES string of the molecule is CSc1ccc(S(=O)(=O)NCC(=O)OCC(=O)NC(C)(C)C)cc1[N+](=O)[O-]. The lowest BCUT2D eigenvalue weighted by Gasteiger charge is -2.20. The summed E-state index contributed by atoms with van der Waals surface area (Å²) in [4.78, 5) is 33.5. The Hall–Kier alpha value is -2.18. The van der Waals surface area contributed by atoms with Crippen molar-refractivity contribution in [2.45, 2.75) is 36.1 Å². The fourth-order valence-electron chi connectivity index (χ4n) is 1.87. The number of rotatable bonds is 8. The van der Waals surface area contributed by atoms with Crippen LogP contribution in [0.25, 0.3) is 0 Å².